The third-order valence-electron chi connectivity index (χ3n) is 1.21. The van der Waals surface area contributed by atoms with E-state index >= 15 is 0 Å². The molecule has 2 N–H and O–H groups in total. The molecule has 0 spiro atoms. The van der Waals surface area contributed by atoms with Gasteiger partial charge in [0.1, 0.15) is 0 Å². The van der Waals surface area contributed by atoms with Crippen molar-refractivity contribution in [3.8, 4) is 6.07 Å². The van der Waals surface area contributed by atoms with Gasteiger partial charge in [-0.1, -0.05) is 0 Å². The van der Waals surface area contributed by atoms with Gasteiger partial charge in [0.15, 0.2) is 6.10 Å². The van der Waals surface area contributed by atoms with Crippen LogP contribution in [0.2, 0.25) is 0 Å². The number of carbonyl (C=O) groups excluding carboxylic acids is 1. The highest BCUT2D eigenvalue weighted by Crippen LogP contribution is 2.07. The zero-order valence-electron chi connectivity index (χ0n) is 5.65. The molecule has 0 aromatic rings. The van der Waals surface area contributed by atoms with Crippen molar-refractivity contribution in [1.29, 1.82) is 5.26 Å². The molecule has 1 atom stereocenters. The molecule has 4 heteroatoms. The lowest BCUT2D eigenvalue weighted by Crippen LogP contribution is -2.29. The number of amides is 1. The molecule has 1 aliphatic heterocycles. The number of ether oxygens (including phenoxy) is 1. The average molecular weight is 150 g/mol. The maximum Gasteiger partial charge on any atom is 0.262 e. The molecule has 11 heavy (non-hydrogen) atoms. The molecule has 0 radical (unpaired) electrons. The summed E-state index contributed by atoms with van der Waals surface area (Å²) >= 11 is 0. The maximum absolute atomic E-state index is 10.5. The fourth-order valence-electron chi connectivity index (χ4n) is 0.679. The van der Waals surface area contributed by atoms with Crippen LogP contribution in [0.5, 0.6) is 0 Å². The lowest BCUT2D eigenvalue weighted by molar-refractivity contribution is -0.124. The number of nitrogens with two attached hydrogens (primary N) is 1. The Morgan fingerprint density at radius 1 is 1.82 bits per heavy atom. The van der Waals surface area contributed by atoms with Gasteiger partial charge in [-0.15, -0.1) is 0 Å². The Morgan fingerprint density at radius 2 is 2.55 bits per heavy atom. The van der Waals surface area contributed by atoms with Crippen molar-refractivity contribution in [3.63, 3.8) is 0 Å². The number of rotatable bonds is 1. The van der Waals surface area contributed by atoms with Gasteiger partial charge in [-0.2, -0.15) is 5.26 Å². The number of hydrogen-bond donors (Lipinski definition) is 1. The van der Waals surface area contributed by atoms with E-state index in [4.69, 9.17) is 15.7 Å². The second kappa shape index (κ2) is 2.88. The van der Waals surface area contributed by atoms with Crippen LogP contribution in [0.3, 0.4) is 0 Å². The number of primary amides is 1. The third kappa shape index (κ3) is 1.58. The van der Waals surface area contributed by atoms with Crippen LogP contribution in [-0.4, -0.2) is 12.0 Å². The second-order valence-corrected chi connectivity index (χ2v) is 2.00. The molecule has 0 saturated heterocycles. The Morgan fingerprint density at radius 3 is 3.09 bits per heavy atom. The molecule has 0 saturated carbocycles. The summed E-state index contributed by atoms with van der Waals surface area (Å²) in [7, 11) is 0. The van der Waals surface area contributed by atoms with E-state index in [2.05, 4.69) is 0 Å². The molecular weight excluding hydrogens is 144 g/mol. The van der Waals surface area contributed by atoms with Gasteiger partial charge in [-0.25, -0.2) is 0 Å². The van der Waals surface area contributed by atoms with Gasteiger partial charge in [0.25, 0.3) is 5.91 Å². The highest BCUT2D eigenvalue weighted by Gasteiger charge is 2.15. The molecule has 1 amide bonds. The van der Waals surface area contributed by atoms with Crippen molar-refractivity contribution in [2.45, 2.75) is 6.10 Å². The van der Waals surface area contributed by atoms with E-state index < -0.39 is 12.0 Å². The van der Waals surface area contributed by atoms with Gasteiger partial charge in [-0.05, 0) is 12.2 Å². The summed E-state index contributed by atoms with van der Waals surface area (Å²) in [6.07, 6.45) is 3.34. The van der Waals surface area contributed by atoms with Crippen LogP contribution in [0.25, 0.3) is 0 Å². The van der Waals surface area contributed by atoms with Crippen molar-refractivity contribution in [1.82, 2.24) is 0 Å². The molecule has 1 unspecified atom stereocenters. The summed E-state index contributed by atoms with van der Waals surface area (Å²) < 4.78 is 4.79. The van der Waals surface area contributed by atoms with Crippen molar-refractivity contribution in [2.75, 3.05) is 0 Å². The topological polar surface area (TPSA) is 76.1 Å². The van der Waals surface area contributed by atoms with Gasteiger partial charge >= 0.3 is 0 Å². The monoisotopic (exact) mass is 150 g/mol. The minimum absolute atomic E-state index is 0.389. The van der Waals surface area contributed by atoms with E-state index in [0.29, 0.717) is 5.57 Å². The zero-order valence-corrected chi connectivity index (χ0v) is 5.65. The second-order valence-electron chi connectivity index (χ2n) is 2.00. The molecule has 0 bridgehead atoms. The molecular formula is C7H6N2O2. The van der Waals surface area contributed by atoms with E-state index in [0.717, 1.165) is 0 Å². The first-order valence-electron chi connectivity index (χ1n) is 2.97. The first-order chi connectivity index (χ1) is 5.24. The quantitative estimate of drug-likeness (QED) is 0.564. The summed E-state index contributed by atoms with van der Waals surface area (Å²) in [4.78, 5) is 10.5. The largest absolute Gasteiger partial charge is 0.484 e. The first-order valence-corrected chi connectivity index (χ1v) is 2.97. The van der Waals surface area contributed by atoms with Crippen molar-refractivity contribution in [3.05, 3.63) is 24.0 Å². The highest BCUT2D eigenvalue weighted by atomic mass is 16.5. The predicted molar refractivity (Wildman–Crippen MR) is 36.9 cm³/mol. The minimum atomic E-state index is -0.797. The molecule has 1 heterocycles. The van der Waals surface area contributed by atoms with Gasteiger partial charge in [0.2, 0.25) is 0 Å². The number of allylic oxidation sites excluding steroid dienone is 2. The van der Waals surface area contributed by atoms with Crippen LogP contribution in [0.4, 0.5) is 0 Å². The predicted octanol–water partition coefficient (Wildman–Crippen LogP) is -0.166. The average Bonchev–Trinajstić information content (AvgIpc) is 2.05. The zero-order chi connectivity index (χ0) is 8.27. The van der Waals surface area contributed by atoms with E-state index in [1.165, 1.54) is 18.4 Å². The summed E-state index contributed by atoms with van der Waals surface area (Å²) in [6, 6.07) is 1.88. The fraction of sp³-hybridized carbons (Fsp3) is 0.143. The molecule has 1 rings (SSSR count). The number of hydrogen-bond acceptors (Lipinski definition) is 3. The Labute approximate surface area is 63.6 Å². The Hall–Kier alpha value is -1.76. The Kier molecular flexibility index (Phi) is 1.93. The summed E-state index contributed by atoms with van der Waals surface area (Å²) in [6.45, 7) is 0. The molecule has 0 fully saturated rings. The summed E-state index contributed by atoms with van der Waals surface area (Å²) in [5, 5.41) is 8.41. The number of carbonyl (C=O) groups is 1. The van der Waals surface area contributed by atoms with Gasteiger partial charge < -0.3 is 10.5 Å². The highest BCUT2D eigenvalue weighted by molar-refractivity contribution is 5.81. The van der Waals surface area contributed by atoms with E-state index in [-0.39, 0.29) is 0 Å². The third-order valence-corrected chi connectivity index (χ3v) is 1.21. The van der Waals surface area contributed by atoms with Crippen LogP contribution < -0.4 is 5.73 Å². The molecule has 56 valence electrons. The lowest BCUT2D eigenvalue weighted by Gasteiger charge is -2.11. The Balaban J connectivity index is 2.79. The normalized spacial score (nSPS) is 21.4. The molecule has 0 aromatic heterocycles. The van der Waals surface area contributed by atoms with E-state index in [1.54, 1.807) is 0 Å². The van der Waals surface area contributed by atoms with Crippen molar-refractivity contribution < 1.29 is 9.53 Å². The lowest BCUT2D eigenvalue weighted by atomic mass is 10.2. The summed E-state index contributed by atoms with van der Waals surface area (Å²) in [5.41, 5.74) is 5.32. The van der Waals surface area contributed by atoms with E-state index in [1.807, 2.05) is 6.07 Å². The summed E-state index contributed by atoms with van der Waals surface area (Å²) in [5.74, 6) is -0.595. The number of nitriles is 1. The maximum atomic E-state index is 10.5. The van der Waals surface area contributed by atoms with Gasteiger partial charge in [0.05, 0.1) is 17.9 Å². The van der Waals surface area contributed by atoms with Crippen LogP contribution in [0.1, 0.15) is 0 Å². The number of nitrogens with zero attached hydrogens (tertiary/aromatic N) is 1. The van der Waals surface area contributed by atoms with Crippen molar-refractivity contribution in [2.24, 2.45) is 5.73 Å². The first kappa shape index (κ1) is 7.35. The molecule has 0 aliphatic carbocycles. The van der Waals surface area contributed by atoms with Crippen LogP contribution >= 0.6 is 0 Å². The fourth-order valence-corrected chi connectivity index (χ4v) is 0.679. The molecule has 1 aliphatic rings. The van der Waals surface area contributed by atoms with Crippen LogP contribution in [0, 0.1) is 11.3 Å². The Bertz CT molecular complexity index is 273. The van der Waals surface area contributed by atoms with Crippen LogP contribution in [0.15, 0.2) is 24.0 Å². The van der Waals surface area contributed by atoms with Crippen LogP contribution in [-0.2, 0) is 9.53 Å². The van der Waals surface area contributed by atoms with Gasteiger partial charge in [-0.3, -0.25) is 4.79 Å². The SMILES string of the molecule is N#CC1=CC(C(N)=O)OC=C1. The molecule has 4 nitrogen and oxygen atoms in total. The molecule has 0 aromatic carbocycles. The van der Waals surface area contributed by atoms with Crippen molar-refractivity contribution >= 4 is 5.91 Å². The smallest absolute Gasteiger partial charge is 0.262 e. The van der Waals surface area contributed by atoms with Gasteiger partial charge in [0, 0.05) is 0 Å². The van der Waals surface area contributed by atoms with E-state index in [9.17, 15) is 4.79 Å². The minimum Gasteiger partial charge on any atom is -0.484 e. The standard InChI is InChI=1S/C7H6N2O2/c8-4-5-1-2-11-6(3-5)7(9)10/h1-3,6H,(H2,9,10).